The molecule has 3 aromatic rings. The van der Waals surface area contributed by atoms with E-state index in [0.29, 0.717) is 6.61 Å². The number of rotatable bonds is 1. The average molecular weight is 265 g/mol. The molecule has 4 rings (SSSR count). The van der Waals surface area contributed by atoms with Crippen LogP contribution < -0.4 is 9.47 Å². The van der Waals surface area contributed by atoms with Crippen LogP contribution in [0.1, 0.15) is 6.42 Å². The summed E-state index contributed by atoms with van der Waals surface area (Å²) in [5.41, 5.74) is 3.36. The lowest BCUT2D eigenvalue weighted by Gasteiger charge is -2.08. The highest BCUT2D eigenvalue weighted by Gasteiger charge is 2.12. The number of aromatic nitrogens is 1. The molecule has 1 N–H and O–H groups in total. The van der Waals surface area contributed by atoms with Gasteiger partial charge in [0.15, 0.2) is 11.5 Å². The molecule has 0 aliphatic carbocycles. The van der Waals surface area contributed by atoms with Gasteiger partial charge >= 0.3 is 0 Å². The Morgan fingerprint density at radius 2 is 1.70 bits per heavy atom. The Balaban J connectivity index is 1.79. The number of hydrogen-bond donors (Lipinski definition) is 1. The number of aromatic amines is 1. The van der Waals surface area contributed by atoms with E-state index in [9.17, 15) is 0 Å². The number of nitrogens with one attached hydrogen (secondary N) is 1. The molecule has 0 unspecified atom stereocenters. The zero-order valence-corrected chi connectivity index (χ0v) is 11.1. The molecule has 0 fully saturated rings. The lowest BCUT2D eigenvalue weighted by atomic mass is 10.1. The predicted molar refractivity (Wildman–Crippen MR) is 79.3 cm³/mol. The molecular weight excluding hydrogens is 250 g/mol. The predicted octanol–water partition coefficient (Wildman–Crippen LogP) is 4.00. The van der Waals surface area contributed by atoms with Crippen molar-refractivity contribution in [2.45, 2.75) is 6.42 Å². The Bertz CT molecular complexity index is 728. The minimum atomic E-state index is 0.711. The molecular formula is C17H15NO2. The summed E-state index contributed by atoms with van der Waals surface area (Å²) in [7, 11) is 0. The fraction of sp³-hybridized carbons (Fsp3) is 0.176. The van der Waals surface area contributed by atoms with Gasteiger partial charge in [0.25, 0.3) is 0 Å². The van der Waals surface area contributed by atoms with Gasteiger partial charge in [-0.25, -0.2) is 0 Å². The van der Waals surface area contributed by atoms with Crippen molar-refractivity contribution < 1.29 is 9.47 Å². The van der Waals surface area contributed by atoms with Crippen LogP contribution in [0, 0.1) is 0 Å². The summed E-state index contributed by atoms with van der Waals surface area (Å²) in [6, 6.07) is 16.5. The molecule has 0 saturated heterocycles. The van der Waals surface area contributed by atoms with E-state index in [4.69, 9.17) is 9.47 Å². The molecule has 1 aliphatic heterocycles. The Labute approximate surface area is 117 Å². The van der Waals surface area contributed by atoms with Crippen LogP contribution in [0.5, 0.6) is 11.5 Å². The highest BCUT2D eigenvalue weighted by molar-refractivity contribution is 5.86. The lowest BCUT2D eigenvalue weighted by molar-refractivity contribution is 0.297. The molecule has 3 heteroatoms. The minimum absolute atomic E-state index is 0.711. The highest BCUT2D eigenvalue weighted by Crippen LogP contribution is 2.34. The van der Waals surface area contributed by atoms with Crippen molar-refractivity contribution in [3.05, 3.63) is 48.5 Å². The van der Waals surface area contributed by atoms with Gasteiger partial charge in [-0.1, -0.05) is 18.2 Å². The topological polar surface area (TPSA) is 34.2 Å². The van der Waals surface area contributed by atoms with Crippen LogP contribution in [-0.2, 0) is 0 Å². The van der Waals surface area contributed by atoms with Gasteiger partial charge in [-0.05, 0) is 30.3 Å². The summed E-state index contributed by atoms with van der Waals surface area (Å²) in [4.78, 5) is 3.44. The number of fused-ring (bicyclic) bond motifs is 2. The molecule has 0 spiro atoms. The molecule has 0 radical (unpaired) electrons. The summed E-state index contributed by atoms with van der Waals surface area (Å²) in [5.74, 6) is 1.67. The fourth-order valence-corrected chi connectivity index (χ4v) is 2.56. The zero-order valence-electron chi connectivity index (χ0n) is 11.1. The van der Waals surface area contributed by atoms with Gasteiger partial charge in [0, 0.05) is 28.6 Å². The smallest absolute Gasteiger partial charge is 0.161 e. The lowest BCUT2D eigenvalue weighted by Crippen LogP contribution is -1.97. The van der Waals surface area contributed by atoms with Crippen LogP contribution in [0.3, 0.4) is 0 Å². The van der Waals surface area contributed by atoms with Crippen LogP contribution in [0.25, 0.3) is 22.2 Å². The van der Waals surface area contributed by atoms with Crippen molar-refractivity contribution in [1.29, 1.82) is 0 Å². The maximum atomic E-state index is 5.75. The third-order valence-corrected chi connectivity index (χ3v) is 3.59. The largest absolute Gasteiger partial charge is 0.490 e. The van der Waals surface area contributed by atoms with Crippen molar-refractivity contribution >= 4 is 10.9 Å². The van der Waals surface area contributed by atoms with Gasteiger partial charge in [0.05, 0.1) is 13.2 Å². The fourth-order valence-electron chi connectivity index (χ4n) is 2.56. The molecule has 2 aromatic carbocycles. The standard InChI is InChI=1S/C17H15NO2/c1-2-5-14-12(4-1)10-15(18-14)13-6-7-16-17(11-13)20-9-3-8-19-16/h1-2,4-7,10-11,18H,3,8-9H2. The first-order chi connectivity index (χ1) is 9.90. The molecule has 0 atom stereocenters. The second-order valence-electron chi connectivity index (χ2n) is 4.98. The molecule has 20 heavy (non-hydrogen) atoms. The van der Waals surface area contributed by atoms with Crippen LogP contribution >= 0.6 is 0 Å². The first-order valence-electron chi connectivity index (χ1n) is 6.88. The van der Waals surface area contributed by atoms with Gasteiger partial charge < -0.3 is 14.5 Å². The highest BCUT2D eigenvalue weighted by atomic mass is 16.5. The Hall–Kier alpha value is -2.42. The van der Waals surface area contributed by atoms with Crippen molar-refractivity contribution in [3.8, 4) is 22.8 Å². The van der Waals surface area contributed by atoms with E-state index < -0.39 is 0 Å². The summed E-state index contributed by atoms with van der Waals surface area (Å²) >= 11 is 0. The van der Waals surface area contributed by atoms with E-state index in [1.54, 1.807) is 0 Å². The monoisotopic (exact) mass is 265 g/mol. The Kier molecular flexibility index (Phi) is 2.62. The Morgan fingerprint density at radius 3 is 2.60 bits per heavy atom. The summed E-state index contributed by atoms with van der Waals surface area (Å²) in [6.45, 7) is 1.43. The number of benzene rings is 2. The third-order valence-electron chi connectivity index (χ3n) is 3.59. The molecule has 0 amide bonds. The normalized spacial score (nSPS) is 14.2. The van der Waals surface area contributed by atoms with E-state index in [1.807, 2.05) is 24.3 Å². The Morgan fingerprint density at radius 1 is 0.850 bits per heavy atom. The van der Waals surface area contributed by atoms with Crippen LogP contribution in [0.4, 0.5) is 0 Å². The van der Waals surface area contributed by atoms with Crippen molar-refractivity contribution in [2.24, 2.45) is 0 Å². The van der Waals surface area contributed by atoms with E-state index in [1.165, 1.54) is 5.39 Å². The third kappa shape index (κ3) is 1.92. The van der Waals surface area contributed by atoms with Crippen LogP contribution in [0.15, 0.2) is 48.5 Å². The van der Waals surface area contributed by atoms with Gasteiger partial charge in [-0.15, -0.1) is 0 Å². The molecule has 1 aliphatic rings. The van der Waals surface area contributed by atoms with Crippen LogP contribution in [0.2, 0.25) is 0 Å². The average Bonchev–Trinajstić information content (AvgIpc) is 2.78. The molecule has 3 nitrogen and oxygen atoms in total. The van der Waals surface area contributed by atoms with Gasteiger partial charge in [-0.3, -0.25) is 0 Å². The summed E-state index contributed by atoms with van der Waals surface area (Å²) < 4.78 is 11.4. The molecule has 0 bridgehead atoms. The van der Waals surface area contributed by atoms with Crippen molar-refractivity contribution in [2.75, 3.05) is 13.2 Å². The number of ether oxygens (including phenoxy) is 2. The quantitative estimate of drug-likeness (QED) is 0.721. The van der Waals surface area contributed by atoms with Gasteiger partial charge in [0.2, 0.25) is 0 Å². The molecule has 1 aromatic heterocycles. The second kappa shape index (κ2) is 4.60. The van der Waals surface area contributed by atoms with E-state index >= 15 is 0 Å². The van der Waals surface area contributed by atoms with Crippen molar-refractivity contribution in [1.82, 2.24) is 4.98 Å². The second-order valence-corrected chi connectivity index (χ2v) is 4.98. The SMILES string of the molecule is c1ccc2[nH]c(-c3ccc4c(c3)OCCCO4)cc2c1. The number of hydrogen-bond acceptors (Lipinski definition) is 2. The van der Waals surface area contributed by atoms with E-state index in [0.717, 1.165) is 41.3 Å². The van der Waals surface area contributed by atoms with E-state index in [2.05, 4.69) is 29.2 Å². The molecule has 100 valence electrons. The molecule has 2 heterocycles. The van der Waals surface area contributed by atoms with Crippen molar-refractivity contribution in [3.63, 3.8) is 0 Å². The van der Waals surface area contributed by atoms with Gasteiger partial charge in [-0.2, -0.15) is 0 Å². The van der Waals surface area contributed by atoms with E-state index in [-0.39, 0.29) is 0 Å². The summed E-state index contributed by atoms with van der Waals surface area (Å²) in [6.07, 6.45) is 0.927. The first kappa shape index (κ1) is 11.4. The summed E-state index contributed by atoms with van der Waals surface area (Å²) in [5, 5.41) is 1.22. The zero-order chi connectivity index (χ0) is 13.4. The number of para-hydroxylation sites is 1. The number of H-pyrrole nitrogens is 1. The maximum absolute atomic E-state index is 5.75. The molecule has 0 saturated carbocycles. The van der Waals surface area contributed by atoms with Gasteiger partial charge in [0.1, 0.15) is 0 Å². The van der Waals surface area contributed by atoms with Crippen LogP contribution in [-0.4, -0.2) is 18.2 Å². The first-order valence-corrected chi connectivity index (χ1v) is 6.88. The maximum Gasteiger partial charge on any atom is 0.161 e. The minimum Gasteiger partial charge on any atom is -0.490 e.